The van der Waals surface area contributed by atoms with Gasteiger partial charge in [0.1, 0.15) is 0 Å². The Morgan fingerprint density at radius 1 is 0.727 bits per heavy atom. The van der Waals surface area contributed by atoms with Gasteiger partial charge in [-0.2, -0.15) is 0 Å². The Balaban J connectivity index is 1.91. The van der Waals surface area contributed by atoms with E-state index in [0.717, 1.165) is 29.8 Å². The van der Waals surface area contributed by atoms with Gasteiger partial charge < -0.3 is 0 Å². The van der Waals surface area contributed by atoms with Crippen LogP contribution in [0.15, 0.2) is 29.3 Å². The first kappa shape index (κ1) is 27.1. The highest BCUT2D eigenvalue weighted by Crippen LogP contribution is 2.37. The maximum absolute atomic E-state index is 13.6. The van der Waals surface area contributed by atoms with Crippen molar-refractivity contribution in [2.75, 3.05) is 0 Å². The summed E-state index contributed by atoms with van der Waals surface area (Å²) in [5.41, 5.74) is -0.282. The topological polar surface area (TPSA) is 39.1 Å². The van der Waals surface area contributed by atoms with E-state index in [1.165, 1.54) is 86.9 Å². The summed E-state index contributed by atoms with van der Waals surface area (Å²) in [5, 5.41) is 1.30. The molecular formula is C26H35Br2NO2S2. The Morgan fingerprint density at radius 3 is 1.64 bits per heavy atom. The van der Waals surface area contributed by atoms with Gasteiger partial charge >= 0.3 is 0 Å². The lowest BCUT2D eigenvalue weighted by molar-refractivity contribution is 0.351. The average molecular weight is 618 g/mol. The zero-order chi connectivity index (χ0) is 23.8. The van der Waals surface area contributed by atoms with E-state index in [0.29, 0.717) is 23.2 Å². The number of fused-ring (bicyclic) bond motifs is 3. The van der Waals surface area contributed by atoms with Crippen LogP contribution in [0.25, 0.3) is 20.2 Å². The molecule has 3 aromatic rings. The van der Waals surface area contributed by atoms with Crippen LogP contribution in [-0.2, 0) is 6.54 Å². The summed E-state index contributed by atoms with van der Waals surface area (Å²) in [6.45, 7) is 5.00. The van der Waals surface area contributed by atoms with Gasteiger partial charge in [-0.15, -0.1) is 22.7 Å². The highest BCUT2D eigenvalue weighted by molar-refractivity contribution is 9.11. The zero-order valence-corrected chi connectivity index (χ0v) is 24.6. The molecule has 1 unspecified atom stereocenters. The van der Waals surface area contributed by atoms with Gasteiger partial charge in [0.05, 0.1) is 27.7 Å². The van der Waals surface area contributed by atoms with Gasteiger partial charge in [-0.1, -0.05) is 78.1 Å². The molecule has 0 spiro atoms. The Morgan fingerprint density at radius 2 is 1.15 bits per heavy atom. The van der Waals surface area contributed by atoms with Gasteiger partial charge in [0, 0.05) is 6.54 Å². The van der Waals surface area contributed by atoms with E-state index in [1.54, 1.807) is 4.57 Å². The van der Waals surface area contributed by atoms with E-state index in [4.69, 9.17) is 0 Å². The van der Waals surface area contributed by atoms with Crippen molar-refractivity contribution >= 4 is 74.7 Å². The monoisotopic (exact) mass is 615 g/mol. The average Bonchev–Trinajstić information content (AvgIpc) is 3.36. The maximum atomic E-state index is 13.6. The molecule has 33 heavy (non-hydrogen) atoms. The van der Waals surface area contributed by atoms with Gasteiger partial charge in [-0.3, -0.25) is 14.2 Å². The van der Waals surface area contributed by atoms with Gasteiger partial charge in [0.15, 0.2) is 0 Å². The van der Waals surface area contributed by atoms with Crippen LogP contribution in [0.2, 0.25) is 0 Å². The number of hydrogen-bond donors (Lipinski definition) is 0. The molecule has 0 bridgehead atoms. The van der Waals surface area contributed by atoms with Crippen molar-refractivity contribution in [2.24, 2.45) is 5.92 Å². The third-order valence-electron chi connectivity index (χ3n) is 6.43. The first-order valence-corrected chi connectivity index (χ1v) is 15.6. The molecule has 0 amide bonds. The maximum Gasteiger partial charge on any atom is 0.262 e. The molecule has 0 radical (unpaired) electrons. The van der Waals surface area contributed by atoms with E-state index < -0.39 is 0 Å². The smallest absolute Gasteiger partial charge is 0.262 e. The Kier molecular flexibility index (Phi) is 11.1. The first-order valence-electron chi connectivity index (χ1n) is 12.4. The standard InChI is InChI=1S/C26H35Br2NO2S2/c1-3-5-7-9-10-12-14-18(13-11-8-6-4-2)17-29-25(30)19-15-21(27)32-23(19)24-20(26(29)31)16-22(28)33-24/h15-16,18H,3-14,17H2,1-2H3. The van der Waals surface area contributed by atoms with Gasteiger partial charge in [-0.05, 0) is 62.8 Å². The summed E-state index contributed by atoms with van der Waals surface area (Å²) < 4.78 is 5.21. The molecule has 182 valence electrons. The van der Waals surface area contributed by atoms with Crippen molar-refractivity contribution in [3.8, 4) is 0 Å². The summed E-state index contributed by atoms with van der Waals surface area (Å²) >= 11 is 10.2. The molecule has 0 aliphatic rings. The number of nitrogens with zero attached hydrogens (tertiary/aromatic N) is 1. The summed E-state index contributed by atoms with van der Waals surface area (Å²) in [7, 11) is 0. The molecule has 3 nitrogen and oxygen atoms in total. The van der Waals surface area contributed by atoms with Crippen LogP contribution in [0, 0.1) is 5.92 Å². The van der Waals surface area contributed by atoms with E-state index >= 15 is 0 Å². The minimum atomic E-state index is -0.141. The Hall–Kier alpha value is -0.500. The lowest BCUT2D eigenvalue weighted by Gasteiger charge is -2.17. The second-order valence-electron chi connectivity index (χ2n) is 9.08. The quantitative estimate of drug-likeness (QED) is 0.169. The number of rotatable bonds is 14. The van der Waals surface area contributed by atoms with E-state index in [-0.39, 0.29) is 11.1 Å². The lowest BCUT2D eigenvalue weighted by atomic mass is 9.94. The van der Waals surface area contributed by atoms with Crippen LogP contribution in [-0.4, -0.2) is 4.57 Å². The molecule has 3 aromatic heterocycles. The highest BCUT2D eigenvalue weighted by Gasteiger charge is 2.19. The molecule has 7 heteroatoms. The Bertz CT molecular complexity index is 1090. The summed E-state index contributed by atoms with van der Waals surface area (Å²) in [6, 6.07) is 3.77. The lowest BCUT2D eigenvalue weighted by Crippen LogP contribution is -2.33. The molecule has 0 aromatic carbocycles. The van der Waals surface area contributed by atoms with Crippen LogP contribution in [0.1, 0.15) is 90.9 Å². The fraction of sp³-hybridized carbons (Fsp3) is 0.615. The first-order chi connectivity index (χ1) is 16.0. The molecule has 0 N–H and O–H groups in total. The third kappa shape index (κ3) is 7.25. The molecule has 0 aliphatic carbocycles. The molecule has 0 aliphatic heterocycles. The number of unbranched alkanes of at least 4 members (excludes halogenated alkanes) is 8. The fourth-order valence-corrected chi connectivity index (χ4v) is 7.92. The van der Waals surface area contributed by atoms with Crippen molar-refractivity contribution in [3.05, 3.63) is 40.4 Å². The van der Waals surface area contributed by atoms with Crippen LogP contribution in [0.4, 0.5) is 0 Å². The van der Waals surface area contributed by atoms with Crippen molar-refractivity contribution in [3.63, 3.8) is 0 Å². The van der Waals surface area contributed by atoms with E-state index in [9.17, 15) is 9.59 Å². The van der Waals surface area contributed by atoms with Crippen molar-refractivity contribution in [1.82, 2.24) is 4.57 Å². The second kappa shape index (κ2) is 13.6. The molecule has 3 heterocycles. The third-order valence-corrected chi connectivity index (χ3v) is 9.87. The van der Waals surface area contributed by atoms with Crippen LogP contribution < -0.4 is 11.1 Å². The Labute approximate surface area is 221 Å². The van der Waals surface area contributed by atoms with Gasteiger partial charge in [-0.25, -0.2) is 0 Å². The van der Waals surface area contributed by atoms with Crippen molar-refractivity contribution in [1.29, 1.82) is 0 Å². The fourth-order valence-electron chi connectivity index (χ4n) is 4.58. The van der Waals surface area contributed by atoms with Gasteiger partial charge in [0.2, 0.25) is 0 Å². The molecule has 1 atom stereocenters. The number of aromatic nitrogens is 1. The van der Waals surface area contributed by atoms with Crippen LogP contribution in [0.3, 0.4) is 0 Å². The second-order valence-corrected chi connectivity index (χ2v) is 13.9. The number of thiophene rings is 2. The van der Waals surface area contributed by atoms with E-state index in [1.807, 2.05) is 12.1 Å². The minimum Gasteiger partial charge on any atom is -0.274 e. The molecular weight excluding hydrogens is 582 g/mol. The predicted molar refractivity (Wildman–Crippen MR) is 153 cm³/mol. The zero-order valence-electron chi connectivity index (χ0n) is 19.8. The molecule has 0 saturated heterocycles. The summed E-state index contributed by atoms with van der Waals surface area (Å²) in [6.07, 6.45) is 14.7. The van der Waals surface area contributed by atoms with Crippen molar-refractivity contribution in [2.45, 2.75) is 97.4 Å². The summed E-state index contributed by atoms with van der Waals surface area (Å²) in [5.74, 6) is 0.370. The van der Waals surface area contributed by atoms with E-state index in [2.05, 4.69) is 45.7 Å². The van der Waals surface area contributed by atoms with Crippen molar-refractivity contribution < 1.29 is 0 Å². The highest BCUT2D eigenvalue weighted by atomic mass is 79.9. The largest absolute Gasteiger partial charge is 0.274 e. The molecule has 0 fully saturated rings. The normalized spacial score (nSPS) is 12.7. The number of hydrogen-bond acceptors (Lipinski definition) is 4. The number of halogens is 2. The SMILES string of the molecule is CCCCCCCCC(CCCCCC)Cn1c(=O)c2cc(Br)sc2c2sc(Br)cc2c1=O. The van der Waals surface area contributed by atoms with Gasteiger partial charge in [0.25, 0.3) is 11.1 Å². The minimum absolute atomic E-state index is 0.141. The summed E-state index contributed by atoms with van der Waals surface area (Å²) in [4.78, 5) is 27.1. The molecule has 0 saturated carbocycles. The predicted octanol–water partition coefficient (Wildman–Crippen LogP) is 9.50. The van der Waals surface area contributed by atoms with Crippen LogP contribution >= 0.6 is 54.5 Å². The molecule has 3 rings (SSSR count). The van der Waals surface area contributed by atoms with Crippen LogP contribution in [0.5, 0.6) is 0 Å².